The number of carbonyl (C=O) groups is 1. The van der Waals surface area contributed by atoms with Gasteiger partial charge in [-0.25, -0.2) is 0 Å². The van der Waals surface area contributed by atoms with Crippen molar-refractivity contribution in [3.8, 4) is 0 Å². The van der Waals surface area contributed by atoms with E-state index in [1.165, 1.54) is 12.8 Å². The predicted octanol–water partition coefficient (Wildman–Crippen LogP) is 1.88. The Morgan fingerprint density at radius 2 is 1.90 bits per heavy atom. The van der Waals surface area contributed by atoms with Gasteiger partial charge in [0.1, 0.15) is 0 Å². The molecule has 1 aliphatic carbocycles. The third-order valence-corrected chi connectivity index (χ3v) is 4.95. The molecule has 3 N–H and O–H groups in total. The highest BCUT2D eigenvalue weighted by Gasteiger charge is 2.39. The summed E-state index contributed by atoms with van der Waals surface area (Å²) in [7, 11) is 0. The van der Waals surface area contributed by atoms with Gasteiger partial charge in [-0.1, -0.05) is 26.7 Å². The molecule has 0 aromatic carbocycles. The van der Waals surface area contributed by atoms with Crippen molar-refractivity contribution in [2.45, 2.75) is 70.9 Å². The summed E-state index contributed by atoms with van der Waals surface area (Å²) in [6.07, 6.45) is 7.64. The minimum atomic E-state index is -0.337. The molecule has 1 saturated heterocycles. The summed E-state index contributed by atoms with van der Waals surface area (Å²) < 4.78 is 0. The molecule has 2 fully saturated rings. The zero-order valence-corrected chi connectivity index (χ0v) is 13.2. The summed E-state index contributed by atoms with van der Waals surface area (Å²) in [6, 6.07) is 1.14. The van der Waals surface area contributed by atoms with Crippen molar-refractivity contribution in [1.82, 2.24) is 10.2 Å². The van der Waals surface area contributed by atoms with Crippen molar-refractivity contribution in [3.05, 3.63) is 0 Å². The van der Waals surface area contributed by atoms with Crippen LogP contribution in [0.5, 0.6) is 0 Å². The fourth-order valence-electron chi connectivity index (χ4n) is 3.62. The second kappa shape index (κ2) is 6.90. The van der Waals surface area contributed by atoms with E-state index in [0.717, 1.165) is 51.2 Å². The lowest BCUT2D eigenvalue weighted by atomic mass is 9.78. The first-order valence-electron chi connectivity index (χ1n) is 8.40. The topological polar surface area (TPSA) is 58.4 Å². The molecule has 0 spiro atoms. The third-order valence-electron chi connectivity index (χ3n) is 4.95. The molecule has 1 atom stereocenters. The van der Waals surface area contributed by atoms with Crippen LogP contribution in [0.3, 0.4) is 0 Å². The maximum atomic E-state index is 12.7. The van der Waals surface area contributed by atoms with Gasteiger partial charge in [-0.15, -0.1) is 0 Å². The number of rotatable bonds is 8. The number of hydrogen-bond donors (Lipinski definition) is 2. The van der Waals surface area contributed by atoms with Gasteiger partial charge in [-0.3, -0.25) is 9.69 Å². The summed E-state index contributed by atoms with van der Waals surface area (Å²) in [6.45, 7) is 6.93. The average Bonchev–Trinajstić information content (AvgIpc) is 3.19. The van der Waals surface area contributed by atoms with Crippen LogP contribution in [0.2, 0.25) is 0 Å². The van der Waals surface area contributed by atoms with Gasteiger partial charge in [0.05, 0.1) is 5.41 Å². The minimum Gasteiger partial charge on any atom is -0.352 e. The summed E-state index contributed by atoms with van der Waals surface area (Å²) in [4.78, 5) is 15.3. The van der Waals surface area contributed by atoms with E-state index < -0.39 is 0 Å². The van der Waals surface area contributed by atoms with Crippen LogP contribution in [0.15, 0.2) is 0 Å². The quantitative estimate of drug-likeness (QED) is 0.714. The van der Waals surface area contributed by atoms with Crippen LogP contribution in [0.4, 0.5) is 0 Å². The molecular formula is C16H31N3O. The molecule has 0 bridgehead atoms. The van der Waals surface area contributed by atoms with Crippen LogP contribution in [0.1, 0.15) is 58.8 Å². The number of hydrogen-bond acceptors (Lipinski definition) is 3. The molecule has 20 heavy (non-hydrogen) atoms. The van der Waals surface area contributed by atoms with Gasteiger partial charge in [0, 0.05) is 31.7 Å². The van der Waals surface area contributed by atoms with Crippen LogP contribution in [-0.4, -0.2) is 42.5 Å². The van der Waals surface area contributed by atoms with E-state index in [-0.39, 0.29) is 11.3 Å². The van der Waals surface area contributed by atoms with Gasteiger partial charge in [-0.05, 0) is 32.1 Å². The lowest BCUT2D eigenvalue weighted by Gasteiger charge is -2.32. The minimum absolute atomic E-state index is 0.200. The third kappa shape index (κ3) is 3.53. The van der Waals surface area contributed by atoms with E-state index in [1.807, 2.05) is 0 Å². The van der Waals surface area contributed by atoms with Crippen LogP contribution in [0, 0.1) is 5.41 Å². The highest BCUT2D eigenvalue weighted by atomic mass is 16.2. The molecular weight excluding hydrogens is 250 g/mol. The van der Waals surface area contributed by atoms with Crippen molar-refractivity contribution in [3.63, 3.8) is 0 Å². The van der Waals surface area contributed by atoms with Crippen LogP contribution in [-0.2, 0) is 4.79 Å². The molecule has 2 aliphatic rings. The lowest BCUT2D eigenvalue weighted by molar-refractivity contribution is -0.132. The molecule has 0 aromatic rings. The van der Waals surface area contributed by atoms with Crippen molar-refractivity contribution in [2.75, 3.05) is 19.6 Å². The van der Waals surface area contributed by atoms with Crippen molar-refractivity contribution < 1.29 is 4.79 Å². The second-order valence-electron chi connectivity index (χ2n) is 6.67. The van der Waals surface area contributed by atoms with E-state index >= 15 is 0 Å². The number of amides is 1. The first-order valence-corrected chi connectivity index (χ1v) is 8.40. The van der Waals surface area contributed by atoms with Crippen molar-refractivity contribution in [2.24, 2.45) is 11.1 Å². The highest BCUT2D eigenvalue weighted by molar-refractivity contribution is 5.83. The Morgan fingerprint density at radius 1 is 1.25 bits per heavy atom. The van der Waals surface area contributed by atoms with Gasteiger partial charge < -0.3 is 11.1 Å². The number of nitrogens with zero attached hydrogens (tertiary/aromatic N) is 1. The lowest BCUT2D eigenvalue weighted by Crippen LogP contribution is -2.50. The normalized spacial score (nSPS) is 24.1. The Morgan fingerprint density at radius 3 is 2.40 bits per heavy atom. The number of carbonyl (C=O) groups excluding carboxylic acids is 1. The molecule has 1 aliphatic heterocycles. The van der Waals surface area contributed by atoms with Gasteiger partial charge >= 0.3 is 0 Å². The Bertz CT molecular complexity index is 322. The number of nitrogens with two attached hydrogens (primary N) is 1. The predicted molar refractivity (Wildman–Crippen MR) is 82.4 cm³/mol. The van der Waals surface area contributed by atoms with E-state index in [4.69, 9.17) is 5.73 Å². The first kappa shape index (κ1) is 15.8. The maximum Gasteiger partial charge on any atom is 0.227 e. The highest BCUT2D eigenvalue weighted by Crippen LogP contribution is 2.32. The Hall–Kier alpha value is -0.610. The van der Waals surface area contributed by atoms with E-state index in [2.05, 4.69) is 24.1 Å². The maximum absolute atomic E-state index is 12.7. The fourth-order valence-corrected chi connectivity index (χ4v) is 3.62. The summed E-state index contributed by atoms with van der Waals surface area (Å²) in [5, 5.41) is 3.29. The van der Waals surface area contributed by atoms with Crippen molar-refractivity contribution in [1.29, 1.82) is 0 Å². The van der Waals surface area contributed by atoms with Crippen LogP contribution >= 0.6 is 0 Å². The molecule has 1 heterocycles. The summed E-state index contributed by atoms with van der Waals surface area (Å²) in [5.74, 6) is 0.200. The summed E-state index contributed by atoms with van der Waals surface area (Å²) >= 11 is 0. The zero-order chi connectivity index (χ0) is 14.6. The fraction of sp³-hybridized carbons (Fsp3) is 0.938. The molecule has 2 rings (SSSR count). The number of nitrogens with one attached hydrogen (secondary N) is 1. The monoisotopic (exact) mass is 281 g/mol. The van der Waals surface area contributed by atoms with E-state index in [9.17, 15) is 4.79 Å². The molecule has 4 heteroatoms. The van der Waals surface area contributed by atoms with Gasteiger partial charge in [0.15, 0.2) is 0 Å². The van der Waals surface area contributed by atoms with Gasteiger partial charge in [0.25, 0.3) is 0 Å². The molecule has 116 valence electrons. The van der Waals surface area contributed by atoms with E-state index in [0.29, 0.717) is 12.6 Å². The second-order valence-corrected chi connectivity index (χ2v) is 6.67. The SMILES string of the molecule is CCCC(CN)(CCC)C(=O)NC1CCN(C2CC2)C1. The molecule has 0 radical (unpaired) electrons. The van der Waals surface area contributed by atoms with E-state index in [1.54, 1.807) is 0 Å². The van der Waals surface area contributed by atoms with Gasteiger partial charge in [-0.2, -0.15) is 0 Å². The standard InChI is InChI=1S/C16H31N3O/c1-3-8-16(12-17,9-4-2)15(20)18-13-7-10-19(11-13)14-5-6-14/h13-14H,3-12,17H2,1-2H3,(H,18,20). The van der Waals surface area contributed by atoms with Crippen LogP contribution < -0.4 is 11.1 Å². The molecule has 4 nitrogen and oxygen atoms in total. The molecule has 1 unspecified atom stereocenters. The zero-order valence-electron chi connectivity index (χ0n) is 13.2. The number of likely N-dealkylation sites (tertiary alicyclic amines) is 1. The molecule has 0 aromatic heterocycles. The Balaban J connectivity index is 1.90. The molecule has 1 amide bonds. The largest absolute Gasteiger partial charge is 0.352 e. The molecule has 1 saturated carbocycles. The average molecular weight is 281 g/mol. The first-order chi connectivity index (χ1) is 9.65. The van der Waals surface area contributed by atoms with Crippen molar-refractivity contribution >= 4 is 5.91 Å². The van der Waals surface area contributed by atoms with Crippen LogP contribution in [0.25, 0.3) is 0 Å². The smallest absolute Gasteiger partial charge is 0.227 e. The van der Waals surface area contributed by atoms with Gasteiger partial charge in [0.2, 0.25) is 5.91 Å². The Kier molecular flexibility index (Phi) is 5.44. The summed E-state index contributed by atoms with van der Waals surface area (Å²) in [5.41, 5.74) is 5.63. The Labute approximate surface area is 123 Å².